The highest BCUT2D eigenvalue weighted by atomic mass is 19.4. The van der Waals surface area contributed by atoms with E-state index in [-0.39, 0.29) is 29.7 Å². The molecule has 0 unspecified atom stereocenters. The quantitative estimate of drug-likeness (QED) is 0.327. The van der Waals surface area contributed by atoms with Crippen molar-refractivity contribution in [3.8, 4) is 11.5 Å². The number of carbonyl (C=O) groups is 2. The predicted molar refractivity (Wildman–Crippen MR) is 139 cm³/mol. The van der Waals surface area contributed by atoms with Gasteiger partial charge >= 0.3 is 24.5 Å². The second-order valence-corrected chi connectivity index (χ2v) is 10.7. The molecule has 1 heterocycles. The van der Waals surface area contributed by atoms with Gasteiger partial charge in [-0.2, -0.15) is 26.3 Å². The summed E-state index contributed by atoms with van der Waals surface area (Å²) in [5.41, 5.74) is -3.76. The lowest BCUT2D eigenvalue weighted by atomic mass is 9.90. The highest BCUT2D eigenvalue weighted by Crippen LogP contribution is 2.47. The molecule has 1 aliphatic rings. The van der Waals surface area contributed by atoms with Gasteiger partial charge < -0.3 is 18.9 Å². The van der Waals surface area contributed by atoms with Crippen molar-refractivity contribution in [2.75, 3.05) is 26.2 Å². The molecular weight excluding hydrogens is 574 g/mol. The second-order valence-electron chi connectivity index (χ2n) is 10.7. The summed E-state index contributed by atoms with van der Waals surface area (Å²) in [6.07, 6.45) is -11.8. The van der Waals surface area contributed by atoms with Gasteiger partial charge in [-0.3, -0.25) is 9.80 Å². The normalized spacial score (nSPS) is 17.3. The number of halogens is 6. The fourth-order valence-electron chi connectivity index (χ4n) is 4.76. The standard InChI is InChI=1S/C28H32F6N2O6/c1-15-8-20(19-12-22(39-5)23(40-6)13-21(19)36(15)25(38)42-26(2,3)4)35(24(37)41-7)14-16-9-17(27(29,30)31)11-18(10-16)28(32,33)34/h9-13,15,20H,8,14H2,1-7H3/t15-,20+/m0/s1. The first-order valence-corrected chi connectivity index (χ1v) is 12.7. The Morgan fingerprint density at radius 3 is 1.86 bits per heavy atom. The molecule has 0 radical (unpaired) electrons. The average Bonchev–Trinajstić information content (AvgIpc) is 2.87. The minimum absolute atomic E-state index is 0.0137. The molecule has 0 N–H and O–H groups in total. The summed E-state index contributed by atoms with van der Waals surface area (Å²) in [5.74, 6) is 0.443. The highest BCUT2D eigenvalue weighted by Gasteiger charge is 2.42. The van der Waals surface area contributed by atoms with Crippen molar-refractivity contribution in [2.24, 2.45) is 0 Å². The molecule has 3 rings (SSSR count). The van der Waals surface area contributed by atoms with Crippen LogP contribution in [0.25, 0.3) is 0 Å². The lowest BCUT2D eigenvalue weighted by Crippen LogP contribution is -2.49. The number of anilines is 1. The molecule has 2 amide bonds. The molecule has 0 aliphatic carbocycles. The Morgan fingerprint density at radius 1 is 0.881 bits per heavy atom. The Kier molecular flexibility index (Phi) is 9.18. The number of rotatable bonds is 5. The molecule has 42 heavy (non-hydrogen) atoms. The van der Waals surface area contributed by atoms with Crippen LogP contribution in [-0.4, -0.2) is 50.1 Å². The van der Waals surface area contributed by atoms with Gasteiger partial charge in [0, 0.05) is 24.2 Å². The van der Waals surface area contributed by atoms with E-state index in [1.807, 2.05) is 0 Å². The summed E-state index contributed by atoms with van der Waals surface area (Å²) in [6, 6.07) is 2.49. The van der Waals surface area contributed by atoms with E-state index < -0.39 is 65.5 Å². The van der Waals surface area contributed by atoms with Gasteiger partial charge in [0.1, 0.15) is 5.60 Å². The van der Waals surface area contributed by atoms with Crippen molar-refractivity contribution in [1.82, 2.24) is 4.90 Å². The third kappa shape index (κ3) is 7.13. The van der Waals surface area contributed by atoms with Crippen LogP contribution in [0.15, 0.2) is 30.3 Å². The fraction of sp³-hybridized carbons (Fsp3) is 0.500. The summed E-state index contributed by atoms with van der Waals surface area (Å²) >= 11 is 0. The van der Waals surface area contributed by atoms with Crippen LogP contribution in [-0.2, 0) is 28.4 Å². The van der Waals surface area contributed by atoms with Gasteiger partial charge in [0.05, 0.1) is 44.2 Å². The molecule has 0 saturated carbocycles. The number of alkyl halides is 6. The first kappa shape index (κ1) is 32.7. The third-order valence-corrected chi connectivity index (χ3v) is 6.53. The van der Waals surface area contributed by atoms with E-state index in [4.69, 9.17) is 18.9 Å². The molecule has 2 aromatic rings. The Morgan fingerprint density at radius 2 is 1.40 bits per heavy atom. The number of benzene rings is 2. The zero-order valence-corrected chi connectivity index (χ0v) is 24.1. The van der Waals surface area contributed by atoms with Crippen molar-refractivity contribution < 1.29 is 54.9 Å². The van der Waals surface area contributed by atoms with Crippen molar-refractivity contribution in [1.29, 1.82) is 0 Å². The smallest absolute Gasteiger partial charge is 0.416 e. The molecule has 232 valence electrons. The molecule has 0 fully saturated rings. The summed E-state index contributed by atoms with van der Waals surface area (Å²) in [7, 11) is 3.77. The van der Waals surface area contributed by atoms with E-state index in [0.717, 1.165) is 12.0 Å². The van der Waals surface area contributed by atoms with E-state index in [0.29, 0.717) is 17.7 Å². The SMILES string of the molecule is COC(=O)N(Cc1cc(C(F)(F)F)cc(C(F)(F)F)c1)[C@@H]1C[C@H](C)N(C(=O)OC(C)(C)C)c2cc(OC)c(OC)cc21. The highest BCUT2D eigenvalue weighted by molar-refractivity contribution is 5.91. The van der Waals surface area contributed by atoms with E-state index in [2.05, 4.69) is 0 Å². The third-order valence-electron chi connectivity index (χ3n) is 6.53. The lowest BCUT2D eigenvalue weighted by molar-refractivity contribution is -0.143. The number of amides is 2. The summed E-state index contributed by atoms with van der Waals surface area (Å²) in [5, 5.41) is 0. The number of hydrogen-bond acceptors (Lipinski definition) is 6. The number of methoxy groups -OCH3 is 3. The van der Waals surface area contributed by atoms with Gasteiger partial charge in [0.15, 0.2) is 11.5 Å². The molecule has 0 saturated heterocycles. The van der Waals surface area contributed by atoms with E-state index in [1.165, 1.54) is 31.3 Å². The van der Waals surface area contributed by atoms with E-state index in [9.17, 15) is 35.9 Å². The van der Waals surface area contributed by atoms with E-state index >= 15 is 0 Å². The second kappa shape index (κ2) is 11.8. The molecule has 14 heteroatoms. The zero-order valence-electron chi connectivity index (χ0n) is 24.1. The fourth-order valence-corrected chi connectivity index (χ4v) is 4.76. The number of carbonyl (C=O) groups excluding carboxylic acids is 2. The Hall–Kier alpha value is -3.84. The first-order chi connectivity index (χ1) is 19.3. The number of hydrogen-bond donors (Lipinski definition) is 0. The van der Waals surface area contributed by atoms with Crippen LogP contribution in [0.4, 0.5) is 41.6 Å². The number of fused-ring (bicyclic) bond motifs is 1. The summed E-state index contributed by atoms with van der Waals surface area (Å²) in [4.78, 5) is 28.7. The summed E-state index contributed by atoms with van der Waals surface area (Å²) in [6.45, 7) is 6.04. The zero-order chi connectivity index (χ0) is 31.8. The largest absolute Gasteiger partial charge is 0.493 e. The van der Waals surface area contributed by atoms with Crippen molar-refractivity contribution in [3.63, 3.8) is 0 Å². The van der Waals surface area contributed by atoms with Crippen LogP contribution < -0.4 is 14.4 Å². The van der Waals surface area contributed by atoms with E-state index in [1.54, 1.807) is 27.7 Å². The van der Waals surface area contributed by atoms with Crippen LogP contribution in [0.3, 0.4) is 0 Å². The molecule has 8 nitrogen and oxygen atoms in total. The molecule has 0 aromatic heterocycles. The molecule has 2 atom stereocenters. The number of nitrogens with zero attached hydrogens (tertiary/aromatic N) is 2. The van der Waals surface area contributed by atoms with Gasteiger partial charge in [-0.05, 0) is 63.9 Å². The summed E-state index contributed by atoms with van der Waals surface area (Å²) < 4.78 is 103. The predicted octanol–water partition coefficient (Wildman–Crippen LogP) is 7.58. The monoisotopic (exact) mass is 606 g/mol. The average molecular weight is 607 g/mol. The van der Waals surface area contributed by atoms with Gasteiger partial charge in [-0.1, -0.05) is 0 Å². The maximum atomic E-state index is 13.5. The van der Waals surface area contributed by atoms with Crippen molar-refractivity contribution >= 4 is 17.9 Å². The molecule has 0 bridgehead atoms. The minimum atomic E-state index is -5.07. The Balaban J connectivity index is 2.21. The topological polar surface area (TPSA) is 77.5 Å². The van der Waals surface area contributed by atoms with Crippen molar-refractivity contribution in [2.45, 2.75) is 70.7 Å². The Labute approximate surface area is 239 Å². The van der Waals surface area contributed by atoms with Crippen LogP contribution in [0.1, 0.15) is 62.4 Å². The van der Waals surface area contributed by atoms with Crippen LogP contribution in [0.5, 0.6) is 11.5 Å². The van der Waals surface area contributed by atoms with Gasteiger partial charge in [0.25, 0.3) is 0 Å². The number of ether oxygens (including phenoxy) is 4. The minimum Gasteiger partial charge on any atom is -0.493 e. The molecule has 1 aliphatic heterocycles. The molecular formula is C28H32F6N2O6. The first-order valence-electron chi connectivity index (χ1n) is 12.7. The van der Waals surface area contributed by atoms with Crippen LogP contribution >= 0.6 is 0 Å². The molecule has 0 spiro atoms. The van der Waals surface area contributed by atoms with Crippen LogP contribution in [0, 0.1) is 0 Å². The maximum absolute atomic E-state index is 13.5. The lowest BCUT2D eigenvalue weighted by Gasteiger charge is -2.43. The van der Waals surface area contributed by atoms with Crippen LogP contribution in [0.2, 0.25) is 0 Å². The van der Waals surface area contributed by atoms with Crippen molar-refractivity contribution in [3.05, 3.63) is 52.6 Å². The van der Waals surface area contributed by atoms with Gasteiger partial charge in [-0.25, -0.2) is 9.59 Å². The van der Waals surface area contributed by atoms with Gasteiger partial charge in [0.2, 0.25) is 0 Å². The molecule has 2 aromatic carbocycles. The maximum Gasteiger partial charge on any atom is 0.416 e. The Bertz CT molecular complexity index is 1290. The van der Waals surface area contributed by atoms with Gasteiger partial charge in [-0.15, -0.1) is 0 Å².